The van der Waals surface area contributed by atoms with Crippen LogP contribution in [0.3, 0.4) is 0 Å². The average Bonchev–Trinajstić information content (AvgIpc) is 1.64. The summed E-state index contributed by atoms with van der Waals surface area (Å²) in [7, 11) is -9.44. The highest BCUT2D eigenvalue weighted by Gasteiger charge is 2.55. The summed E-state index contributed by atoms with van der Waals surface area (Å²) in [6.45, 7) is 14.9. The second kappa shape index (κ2) is 35.8. The van der Waals surface area contributed by atoms with Crippen molar-refractivity contribution in [3.8, 4) is 5.75 Å². The van der Waals surface area contributed by atoms with E-state index >= 15 is 0 Å². The highest BCUT2D eigenvalue weighted by molar-refractivity contribution is 7.99. The van der Waals surface area contributed by atoms with Crippen LogP contribution in [0.5, 0.6) is 5.75 Å². The zero-order chi connectivity index (χ0) is 77.1. The molecule has 5 aromatic rings. The zero-order valence-electron chi connectivity index (χ0n) is 62.2. The number of aryl methyl sites for hydroxylation is 1. The Bertz CT molecular complexity index is 4260. The Hall–Kier alpha value is -7.28. The number of ether oxygens (including phenoxy) is 4. The number of anilines is 2. The van der Waals surface area contributed by atoms with Gasteiger partial charge in [0.05, 0.1) is 49.1 Å². The van der Waals surface area contributed by atoms with Crippen molar-refractivity contribution in [1.29, 1.82) is 0 Å². The molecule has 4 heterocycles. The standard InChI is InChI=1S/C79H101ClF3N9O13S3/c1-52(84-6)73(94)87-68-31-40-105-71-49-78(4,5)72(92(71)76(68)97)75(96)86-66-14-10-11-56-46-61(23-25-65(56)66)104-44-43-102-41-42-103-50-70(93)91-38-36-89(37-39-91)33-30-59(51-106-62-12-8-7-9-13-62)85-67-26-24-63(47-69(67)107(98,99)79(81,82)83)108(100,101)88-74(95)55-17-21-60(22-18-55)90-34-28-53(29-35-90)45-57-48-77(2,3)32-27-64(57)54-15-19-58(80)20-16-54/h7-9,12-13,15-26,46-47,52-53,59,66,68,71-72,84-85H,10-11,14,27-45,48-51H2,1-6H3,(H,86,96)(H,87,94)(H,88,95)/t52-,59+,66+,68-,71-,72+/m0/s1. The van der Waals surface area contributed by atoms with Gasteiger partial charge < -0.3 is 54.9 Å². The second-order valence-electron chi connectivity index (χ2n) is 30.5. The van der Waals surface area contributed by atoms with E-state index in [1.54, 1.807) is 31.0 Å². The van der Waals surface area contributed by atoms with Crippen molar-refractivity contribution < 1.29 is 72.9 Å². The average molecular weight is 1570 g/mol. The van der Waals surface area contributed by atoms with Gasteiger partial charge in [-0.1, -0.05) is 81.3 Å². The third-order valence-corrected chi connectivity index (χ3v) is 26.0. The van der Waals surface area contributed by atoms with E-state index in [1.807, 2.05) is 79.2 Å². The predicted octanol–water partition coefficient (Wildman–Crippen LogP) is 11.2. The van der Waals surface area contributed by atoms with Gasteiger partial charge in [0.1, 0.15) is 42.2 Å². The number of amides is 5. The molecular formula is C79H101ClF3N9O13S3. The predicted molar refractivity (Wildman–Crippen MR) is 410 cm³/mol. The molecule has 2 aliphatic carbocycles. The van der Waals surface area contributed by atoms with Crippen LogP contribution in [0.1, 0.15) is 138 Å². The third-order valence-electron chi connectivity index (χ3n) is 21.7. The van der Waals surface area contributed by atoms with Gasteiger partial charge in [-0.3, -0.25) is 28.9 Å². The fraction of sp³-hybridized carbons (Fsp3) is 0.532. The van der Waals surface area contributed by atoms with Crippen LogP contribution < -0.4 is 35.6 Å². The minimum Gasteiger partial charge on any atom is -0.491 e. The molecule has 6 atom stereocenters. The van der Waals surface area contributed by atoms with Crippen LogP contribution in [0, 0.1) is 16.7 Å². The van der Waals surface area contributed by atoms with E-state index < -0.39 is 82.6 Å². The summed E-state index contributed by atoms with van der Waals surface area (Å²) in [5, 5.41) is 12.7. The maximum atomic E-state index is 14.6. The number of carbonyl (C=O) groups excluding carboxylic acids is 5. The number of sulfonamides is 1. The molecule has 4 fully saturated rings. The van der Waals surface area contributed by atoms with Crippen LogP contribution in [0.2, 0.25) is 5.02 Å². The number of allylic oxidation sites excluding steroid dienone is 2. The van der Waals surface area contributed by atoms with E-state index in [4.69, 9.17) is 30.5 Å². The zero-order valence-corrected chi connectivity index (χ0v) is 65.4. The summed E-state index contributed by atoms with van der Waals surface area (Å²) in [4.78, 5) is 74.3. The fourth-order valence-corrected chi connectivity index (χ4v) is 18.6. The molecule has 586 valence electrons. The van der Waals surface area contributed by atoms with Gasteiger partial charge in [-0.2, -0.15) is 13.2 Å². The van der Waals surface area contributed by atoms with Gasteiger partial charge in [0, 0.05) is 85.2 Å². The number of likely N-dealkylation sites (N-methyl/N-ethyl adjacent to an activating group) is 1. The van der Waals surface area contributed by atoms with E-state index in [0.29, 0.717) is 74.7 Å². The van der Waals surface area contributed by atoms with Crippen LogP contribution in [0.25, 0.3) is 5.57 Å². The number of thioether (sulfide) groups is 1. The molecule has 4 saturated heterocycles. The topological polar surface area (TPSA) is 264 Å². The van der Waals surface area contributed by atoms with Crippen LogP contribution in [0.4, 0.5) is 24.5 Å². The molecule has 29 heteroatoms. The van der Waals surface area contributed by atoms with E-state index in [-0.39, 0.29) is 86.0 Å². The number of nitrogens with zero attached hydrogens (tertiary/aromatic N) is 4. The Balaban J connectivity index is 0.620. The number of benzene rings is 5. The van der Waals surface area contributed by atoms with Crippen molar-refractivity contribution in [1.82, 2.24) is 35.4 Å². The molecule has 6 aliphatic rings. The number of sulfone groups is 1. The van der Waals surface area contributed by atoms with E-state index in [2.05, 4.69) is 57.0 Å². The van der Waals surface area contributed by atoms with Crippen molar-refractivity contribution in [3.63, 3.8) is 0 Å². The lowest BCUT2D eigenvalue weighted by molar-refractivity contribution is -0.150. The van der Waals surface area contributed by atoms with Crippen molar-refractivity contribution in [3.05, 3.63) is 148 Å². The molecule has 22 nitrogen and oxygen atoms in total. The lowest BCUT2D eigenvalue weighted by atomic mass is 9.70. The largest absolute Gasteiger partial charge is 0.501 e. The number of piperazine rings is 1. The summed E-state index contributed by atoms with van der Waals surface area (Å²) < 4.78 is 124. The maximum absolute atomic E-state index is 14.6. The van der Waals surface area contributed by atoms with Crippen molar-refractivity contribution in [2.24, 2.45) is 16.7 Å². The Kier molecular flexibility index (Phi) is 27.1. The molecule has 4 aliphatic heterocycles. The van der Waals surface area contributed by atoms with Crippen molar-refractivity contribution in [2.75, 3.05) is 108 Å². The van der Waals surface area contributed by atoms with Crippen LogP contribution >= 0.6 is 23.4 Å². The quantitative estimate of drug-likeness (QED) is 0.0211. The van der Waals surface area contributed by atoms with E-state index in [9.17, 15) is 54.0 Å². The highest BCUT2D eigenvalue weighted by atomic mass is 35.5. The van der Waals surface area contributed by atoms with Crippen molar-refractivity contribution >= 4 is 89.7 Å². The SMILES string of the molecule is CN[C@@H](C)C(=O)N[C@H]1CCO[C@H]2CC(C)(C)[C@@H](C(=O)N[C@@H]3CCCc4cc(OCCOCCOCC(=O)N5CCN(CC[C@H](CSc6ccccc6)Nc6ccc(S(=O)(=O)NC(=O)c7ccc(N8CCC(CC9=C(c%10ccc(Cl)cc%10)CCC(C)(C)C9)CC8)cc7)cc6S(=O)(=O)C(F)(F)F)CC5)ccc43)N2C1=O. The third kappa shape index (κ3) is 20.6. The first kappa shape index (κ1) is 81.7. The van der Waals surface area contributed by atoms with Gasteiger partial charge >= 0.3 is 5.51 Å². The summed E-state index contributed by atoms with van der Waals surface area (Å²) in [5.74, 6) is -0.775. The molecule has 5 aromatic carbocycles. The number of hydrogen-bond acceptors (Lipinski definition) is 18. The smallest absolute Gasteiger partial charge is 0.491 e. The summed E-state index contributed by atoms with van der Waals surface area (Å²) in [5.41, 5.74) is 0.316. The second-order valence-corrected chi connectivity index (χ2v) is 35.6. The molecule has 0 bridgehead atoms. The Morgan fingerprint density at radius 1 is 0.787 bits per heavy atom. The molecule has 0 radical (unpaired) electrons. The highest BCUT2D eigenvalue weighted by Crippen LogP contribution is 2.47. The van der Waals surface area contributed by atoms with Gasteiger partial charge in [0.25, 0.3) is 25.8 Å². The lowest BCUT2D eigenvalue weighted by Crippen LogP contribution is -2.58. The summed E-state index contributed by atoms with van der Waals surface area (Å²) in [6.07, 6.45) is 8.93. The molecule has 0 unspecified atom stereocenters. The summed E-state index contributed by atoms with van der Waals surface area (Å²) in [6, 6.07) is 28.9. The van der Waals surface area contributed by atoms with Gasteiger partial charge in [0.15, 0.2) is 0 Å². The Labute approximate surface area is 641 Å². The minimum atomic E-state index is -6.17. The molecule has 0 aromatic heterocycles. The minimum absolute atomic E-state index is 0.0277. The molecular weight excluding hydrogens is 1470 g/mol. The monoisotopic (exact) mass is 1570 g/mol. The van der Waals surface area contributed by atoms with Crippen LogP contribution in [-0.4, -0.2) is 195 Å². The fourth-order valence-electron chi connectivity index (χ4n) is 15.5. The molecule has 0 saturated carbocycles. The maximum Gasteiger partial charge on any atom is 0.501 e. The molecule has 5 N–H and O–H groups in total. The number of nitrogens with one attached hydrogen (secondary N) is 5. The normalized spacial score (nSPS) is 21.3. The molecule has 108 heavy (non-hydrogen) atoms. The van der Waals surface area contributed by atoms with E-state index in [1.165, 1.54) is 45.5 Å². The number of piperidine rings is 1. The van der Waals surface area contributed by atoms with Gasteiger partial charge in [-0.05, 0) is 202 Å². The van der Waals surface area contributed by atoms with Crippen LogP contribution in [-0.2, 0) is 59.7 Å². The first-order valence-corrected chi connectivity index (χ1v) is 41.7. The Morgan fingerprint density at radius 3 is 2.21 bits per heavy atom. The lowest BCUT2D eigenvalue weighted by Gasteiger charge is -2.38. The number of hydrogen-bond donors (Lipinski definition) is 5. The van der Waals surface area contributed by atoms with Gasteiger partial charge in [-0.15, -0.1) is 11.8 Å². The number of alkyl halides is 3. The Morgan fingerprint density at radius 2 is 1.50 bits per heavy atom. The van der Waals surface area contributed by atoms with Crippen LogP contribution in [0.15, 0.2) is 136 Å². The molecule has 5 amide bonds. The first-order chi connectivity index (χ1) is 51.4. The summed E-state index contributed by atoms with van der Waals surface area (Å²) >= 11 is 7.63. The van der Waals surface area contributed by atoms with Gasteiger partial charge in [0.2, 0.25) is 23.6 Å². The number of carbonyl (C=O) groups is 5. The van der Waals surface area contributed by atoms with Crippen molar-refractivity contribution in [2.45, 2.75) is 168 Å². The van der Waals surface area contributed by atoms with E-state index in [0.717, 1.165) is 105 Å². The van der Waals surface area contributed by atoms with Gasteiger partial charge in [-0.25, -0.2) is 21.6 Å². The first-order valence-electron chi connectivity index (χ1n) is 37.4. The molecule has 0 spiro atoms. The number of fused-ring (bicyclic) bond motifs is 2. The number of halogens is 4. The molecule has 11 rings (SSSR count). The number of rotatable bonds is 30.